The highest BCUT2D eigenvalue weighted by atomic mass is 32.2. The first-order chi connectivity index (χ1) is 24.0. The Bertz CT molecular complexity index is 2130. The van der Waals surface area contributed by atoms with Gasteiger partial charge in [-0.3, -0.25) is 14.3 Å². The molecule has 3 aliphatic rings. The van der Waals surface area contributed by atoms with E-state index in [-0.39, 0.29) is 11.5 Å². The summed E-state index contributed by atoms with van der Waals surface area (Å²) in [6.45, 7) is 4.26. The molecule has 2 fully saturated rings. The number of morpholine rings is 1. The van der Waals surface area contributed by atoms with E-state index in [0.29, 0.717) is 50.0 Å². The van der Waals surface area contributed by atoms with Gasteiger partial charge in [-0.2, -0.15) is 17.8 Å². The van der Waals surface area contributed by atoms with Crippen LogP contribution in [0.15, 0.2) is 36.4 Å². The minimum atomic E-state index is -4.00. The minimum absolute atomic E-state index is 0.0774. The van der Waals surface area contributed by atoms with Crippen LogP contribution in [-0.2, 0) is 28.5 Å². The molecule has 1 saturated heterocycles. The van der Waals surface area contributed by atoms with Gasteiger partial charge in [0.05, 0.1) is 49.5 Å². The Hall–Kier alpha value is -4.46. The molecule has 2 aromatic carbocycles. The summed E-state index contributed by atoms with van der Waals surface area (Å²) in [5.41, 5.74) is 8.17. The van der Waals surface area contributed by atoms with Crippen LogP contribution in [-0.4, -0.2) is 91.3 Å². The van der Waals surface area contributed by atoms with E-state index < -0.39 is 16.1 Å². The number of fused-ring (bicyclic) bond motifs is 5. The summed E-state index contributed by atoms with van der Waals surface area (Å²) in [6, 6.07) is 11.6. The van der Waals surface area contributed by atoms with E-state index in [2.05, 4.69) is 21.4 Å². The number of carbonyl (C=O) groups is 2. The zero-order chi connectivity index (χ0) is 35.3. The molecule has 4 heterocycles. The lowest BCUT2D eigenvalue weighted by atomic mass is 9.81. The molecule has 1 aliphatic carbocycles. The third kappa shape index (κ3) is 6.01. The molecule has 0 unspecified atom stereocenters. The Morgan fingerprint density at radius 1 is 1.02 bits per heavy atom. The molecule has 13 heteroatoms. The average molecular weight is 701 g/mol. The van der Waals surface area contributed by atoms with Crippen LogP contribution >= 0.6 is 0 Å². The summed E-state index contributed by atoms with van der Waals surface area (Å²) < 4.78 is 43.7. The molecule has 0 radical (unpaired) electrons. The predicted octanol–water partition coefficient (Wildman–Crippen LogP) is 4.97. The van der Waals surface area contributed by atoms with Crippen LogP contribution in [0.4, 0.5) is 0 Å². The van der Waals surface area contributed by atoms with Crippen molar-refractivity contribution in [2.75, 3.05) is 47.5 Å². The first-order valence-electron chi connectivity index (χ1n) is 17.2. The van der Waals surface area contributed by atoms with Gasteiger partial charge in [-0.1, -0.05) is 25.3 Å². The number of carbonyl (C=O) groups excluding carboxylic acids is 2. The van der Waals surface area contributed by atoms with Crippen molar-refractivity contribution >= 4 is 44.6 Å². The fraction of sp³-hybridized carbons (Fsp3) is 0.432. The van der Waals surface area contributed by atoms with Gasteiger partial charge in [-0.05, 0) is 78.8 Å². The van der Waals surface area contributed by atoms with Crippen LogP contribution in [0.2, 0.25) is 0 Å². The van der Waals surface area contributed by atoms with Crippen LogP contribution in [0.3, 0.4) is 0 Å². The lowest BCUT2D eigenvalue weighted by Crippen LogP contribution is -2.41. The fourth-order valence-electron chi connectivity index (χ4n) is 7.80. The molecule has 264 valence electrons. The van der Waals surface area contributed by atoms with Crippen LogP contribution in [0.5, 0.6) is 5.75 Å². The van der Waals surface area contributed by atoms with Gasteiger partial charge in [0.15, 0.2) is 0 Å². The van der Waals surface area contributed by atoms with Crippen molar-refractivity contribution in [1.29, 1.82) is 0 Å². The lowest BCUT2D eigenvalue weighted by molar-refractivity contribution is 0.0302. The Balaban J connectivity index is 1.47. The predicted molar refractivity (Wildman–Crippen MR) is 192 cm³/mol. The van der Waals surface area contributed by atoms with Crippen molar-refractivity contribution in [1.82, 2.24) is 28.3 Å². The molecule has 2 amide bonds. The quantitative estimate of drug-likeness (QED) is 0.289. The molecule has 12 nitrogen and oxygen atoms in total. The number of rotatable bonds is 7. The van der Waals surface area contributed by atoms with Crippen molar-refractivity contribution in [3.8, 4) is 17.0 Å². The van der Waals surface area contributed by atoms with Gasteiger partial charge in [-0.15, -0.1) is 0 Å². The summed E-state index contributed by atoms with van der Waals surface area (Å²) in [4.78, 5) is 29.4. The first-order valence-corrected chi connectivity index (χ1v) is 18.6. The number of aryl methyl sites for hydroxylation is 2. The van der Waals surface area contributed by atoms with E-state index in [9.17, 15) is 18.0 Å². The van der Waals surface area contributed by atoms with E-state index in [1.54, 1.807) is 23.9 Å². The molecular weight excluding hydrogens is 657 g/mol. The molecule has 2 aliphatic heterocycles. The number of ether oxygens (including phenoxy) is 2. The zero-order valence-electron chi connectivity index (χ0n) is 29.3. The Morgan fingerprint density at radius 2 is 1.76 bits per heavy atom. The third-order valence-corrected chi connectivity index (χ3v) is 11.7. The molecule has 0 bridgehead atoms. The number of amides is 2. The van der Waals surface area contributed by atoms with E-state index in [1.165, 1.54) is 26.1 Å². The van der Waals surface area contributed by atoms with Crippen molar-refractivity contribution in [3.05, 3.63) is 70.0 Å². The first kappa shape index (κ1) is 34.0. The van der Waals surface area contributed by atoms with Gasteiger partial charge in [0.25, 0.3) is 11.8 Å². The summed E-state index contributed by atoms with van der Waals surface area (Å²) in [5, 5.41) is 5.79. The summed E-state index contributed by atoms with van der Waals surface area (Å²) in [7, 11) is 2.27. The Kier molecular flexibility index (Phi) is 9.08. The molecule has 4 aromatic rings. The number of aromatic nitrogens is 3. The fourth-order valence-corrected chi connectivity index (χ4v) is 8.34. The number of benzene rings is 2. The summed E-state index contributed by atoms with van der Waals surface area (Å²) >= 11 is 0. The summed E-state index contributed by atoms with van der Waals surface area (Å²) in [5.74, 6) is 0.247. The van der Waals surface area contributed by atoms with Crippen LogP contribution < -0.4 is 9.46 Å². The lowest BCUT2D eigenvalue weighted by Gasteiger charge is -2.27. The van der Waals surface area contributed by atoms with Crippen molar-refractivity contribution in [2.45, 2.75) is 51.5 Å². The maximum atomic E-state index is 14.1. The average Bonchev–Trinajstić information content (AvgIpc) is 3.53. The maximum Gasteiger partial charge on any atom is 0.303 e. The number of methoxy groups -OCH3 is 1. The van der Waals surface area contributed by atoms with E-state index in [4.69, 9.17) is 14.6 Å². The van der Waals surface area contributed by atoms with E-state index in [0.717, 1.165) is 74.7 Å². The number of allylic oxidation sites excluding steroid dienone is 1. The monoisotopic (exact) mass is 700 g/mol. The van der Waals surface area contributed by atoms with Crippen LogP contribution in [0.25, 0.3) is 33.8 Å². The van der Waals surface area contributed by atoms with Crippen molar-refractivity contribution in [2.24, 2.45) is 7.05 Å². The largest absolute Gasteiger partial charge is 0.497 e. The van der Waals surface area contributed by atoms with Gasteiger partial charge < -0.3 is 18.9 Å². The molecule has 50 heavy (non-hydrogen) atoms. The van der Waals surface area contributed by atoms with Gasteiger partial charge in [0.2, 0.25) is 0 Å². The molecule has 0 spiro atoms. The van der Waals surface area contributed by atoms with Crippen LogP contribution in [0.1, 0.15) is 81.3 Å². The third-order valence-electron chi connectivity index (χ3n) is 10.3. The van der Waals surface area contributed by atoms with Gasteiger partial charge >= 0.3 is 10.2 Å². The smallest absolute Gasteiger partial charge is 0.303 e. The number of nitrogens with one attached hydrogen (secondary N) is 1. The second-order valence-electron chi connectivity index (χ2n) is 13.6. The molecule has 1 saturated carbocycles. The number of hydrogen-bond acceptors (Lipinski definition) is 7. The summed E-state index contributed by atoms with van der Waals surface area (Å²) in [6.07, 6.45) is 7.73. The second-order valence-corrected chi connectivity index (χ2v) is 15.5. The van der Waals surface area contributed by atoms with E-state index >= 15 is 0 Å². The molecule has 2 aromatic heterocycles. The number of hydrogen-bond donors (Lipinski definition) is 1. The molecule has 7 rings (SSSR count). The Labute approximate surface area is 292 Å². The normalized spacial score (nSPS) is 16.9. The molecule has 1 N–H and O–H groups in total. The van der Waals surface area contributed by atoms with E-state index in [1.807, 2.05) is 37.1 Å². The maximum absolute atomic E-state index is 14.1. The van der Waals surface area contributed by atoms with Crippen molar-refractivity contribution in [3.63, 3.8) is 0 Å². The Morgan fingerprint density at radius 3 is 2.46 bits per heavy atom. The van der Waals surface area contributed by atoms with Gasteiger partial charge in [0.1, 0.15) is 5.75 Å². The van der Waals surface area contributed by atoms with Crippen LogP contribution in [0, 0.1) is 6.92 Å². The second kappa shape index (κ2) is 13.3. The standard InChI is InChI=1S/C37H44N6O6S/c1-23-32(37(45)42-15-17-49-18-16-42)34(41(4)38-23)27-19-26-20-28(48-5)12-14-29(26)35-33(24-9-7-6-8-10-24)30-13-11-25(21-31(30)43(35)22-27)36(44)39-50(46,47)40(2)3/h11-14,19-21,24H,6-10,15-18,22H2,1-5H3,(H,39,44). The SMILES string of the molecule is COc1ccc2c(c1)C=C(c1c(C(=O)N3CCOCC3)c(C)nn1C)Cn1c-2c(C2CCCCC2)c2ccc(C(=O)NS(=O)(=O)N(C)C)cc21. The zero-order valence-corrected chi connectivity index (χ0v) is 30.1. The highest BCUT2D eigenvalue weighted by Crippen LogP contribution is 2.48. The van der Waals surface area contributed by atoms with Gasteiger partial charge in [-0.25, -0.2) is 4.72 Å². The number of nitrogens with zero attached hydrogens (tertiary/aromatic N) is 5. The minimum Gasteiger partial charge on any atom is -0.497 e. The van der Waals surface area contributed by atoms with Crippen molar-refractivity contribution < 1.29 is 27.5 Å². The highest BCUT2D eigenvalue weighted by Gasteiger charge is 2.33. The molecular formula is C37H44N6O6S. The highest BCUT2D eigenvalue weighted by molar-refractivity contribution is 7.87. The molecule has 0 atom stereocenters. The topological polar surface area (TPSA) is 128 Å². The van der Waals surface area contributed by atoms with Gasteiger partial charge in [0, 0.05) is 56.3 Å².